The van der Waals surface area contributed by atoms with Gasteiger partial charge >= 0.3 is 0 Å². The maximum atomic E-state index is 12.2. The molecule has 2 aromatic rings. The highest BCUT2D eigenvalue weighted by molar-refractivity contribution is 6.04. The van der Waals surface area contributed by atoms with Gasteiger partial charge in [0, 0.05) is 6.42 Å². The van der Waals surface area contributed by atoms with Gasteiger partial charge in [0.25, 0.3) is 5.91 Å². The smallest absolute Gasteiger partial charge is 0.258 e. The van der Waals surface area contributed by atoms with Crippen molar-refractivity contribution < 1.29 is 18.7 Å². The minimum atomic E-state index is -0.255. The van der Waals surface area contributed by atoms with Gasteiger partial charge in [-0.05, 0) is 42.2 Å². The minimum Gasteiger partial charge on any atom is -0.483 e. The monoisotopic (exact) mass is 313 g/mol. The number of ketones is 1. The molecule has 1 aromatic heterocycles. The van der Waals surface area contributed by atoms with E-state index in [2.05, 4.69) is 5.32 Å². The van der Waals surface area contributed by atoms with Crippen LogP contribution in [-0.4, -0.2) is 18.3 Å². The van der Waals surface area contributed by atoms with Gasteiger partial charge in [-0.25, -0.2) is 0 Å². The average Bonchev–Trinajstić information content (AvgIpc) is 3.13. The Bertz CT molecular complexity index is 734. The van der Waals surface area contributed by atoms with Crippen molar-refractivity contribution >= 4 is 11.7 Å². The maximum Gasteiger partial charge on any atom is 0.258 e. The van der Waals surface area contributed by atoms with Crippen LogP contribution in [0.15, 0.2) is 34.9 Å². The molecule has 1 N–H and O–H groups in total. The van der Waals surface area contributed by atoms with E-state index in [-0.39, 0.29) is 24.2 Å². The summed E-state index contributed by atoms with van der Waals surface area (Å²) in [7, 11) is 0. The number of carbonyl (C=O) groups is 2. The molecule has 1 aliphatic carbocycles. The van der Waals surface area contributed by atoms with E-state index in [1.165, 1.54) is 0 Å². The van der Waals surface area contributed by atoms with Gasteiger partial charge in [0.2, 0.25) is 0 Å². The van der Waals surface area contributed by atoms with E-state index >= 15 is 0 Å². The Kier molecular flexibility index (Phi) is 4.19. The quantitative estimate of drug-likeness (QED) is 0.921. The molecule has 5 nitrogen and oxygen atoms in total. The molecule has 0 spiro atoms. The number of aryl methyl sites for hydroxylation is 1. The van der Waals surface area contributed by atoms with E-state index in [1.807, 2.05) is 19.9 Å². The van der Waals surface area contributed by atoms with Gasteiger partial charge in [0.05, 0.1) is 18.4 Å². The Morgan fingerprint density at radius 2 is 2.22 bits per heavy atom. The van der Waals surface area contributed by atoms with Gasteiger partial charge in [-0.15, -0.1) is 0 Å². The summed E-state index contributed by atoms with van der Waals surface area (Å²) in [6.45, 7) is 4.22. The van der Waals surface area contributed by atoms with Crippen LogP contribution in [-0.2, 0) is 11.3 Å². The van der Waals surface area contributed by atoms with Crippen molar-refractivity contribution in [3.63, 3.8) is 0 Å². The van der Waals surface area contributed by atoms with Crippen molar-refractivity contribution in [1.29, 1.82) is 0 Å². The number of amides is 1. The van der Waals surface area contributed by atoms with Gasteiger partial charge < -0.3 is 14.5 Å². The molecule has 1 unspecified atom stereocenters. The van der Waals surface area contributed by atoms with Crippen molar-refractivity contribution in [3.8, 4) is 5.75 Å². The van der Waals surface area contributed by atoms with Crippen LogP contribution >= 0.6 is 0 Å². The second-order valence-electron chi connectivity index (χ2n) is 5.84. The molecule has 120 valence electrons. The van der Waals surface area contributed by atoms with Crippen LogP contribution in [0.1, 0.15) is 46.5 Å². The summed E-state index contributed by atoms with van der Waals surface area (Å²) in [6, 6.07) is 7.25. The molecule has 1 aliphatic rings. The summed E-state index contributed by atoms with van der Waals surface area (Å²) in [5.41, 5.74) is 2.77. The number of hydrogen-bond donors (Lipinski definition) is 1. The Hall–Kier alpha value is -2.56. The first kappa shape index (κ1) is 15.3. The summed E-state index contributed by atoms with van der Waals surface area (Å²) in [5.74, 6) is 1.21. The third kappa shape index (κ3) is 3.13. The number of nitrogens with one attached hydrogen (secondary N) is 1. The van der Waals surface area contributed by atoms with Crippen molar-refractivity contribution in [2.75, 3.05) is 6.61 Å². The molecule has 0 bridgehead atoms. The lowest BCUT2D eigenvalue weighted by molar-refractivity contribution is -0.123. The molecule has 1 atom stereocenters. The highest BCUT2D eigenvalue weighted by atomic mass is 16.5. The molecule has 3 rings (SSSR count). The fourth-order valence-electron chi connectivity index (χ4n) is 3.02. The number of ether oxygens (including phenoxy) is 1. The van der Waals surface area contributed by atoms with Crippen LogP contribution < -0.4 is 10.1 Å². The molecule has 1 amide bonds. The number of carbonyl (C=O) groups excluding carboxylic acids is 2. The normalized spacial score (nSPS) is 16.3. The van der Waals surface area contributed by atoms with Crippen LogP contribution in [0.5, 0.6) is 5.75 Å². The largest absolute Gasteiger partial charge is 0.483 e. The van der Waals surface area contributed by atoms with Gasteiger partial charge in [-0.3, -0.25) is 9.59 Å². The first-order valence-electron chi connectivity index (χ1n) is 7.65. The Morgan fingerprint density at radius 3 is 2.96 bits per heavy atom. The molecular formula is C18H19NO4. The Balaban J connectivity index is 1.65. The summed E-state index contributed by atoms with van der Waals surface area (Å²) < 4.78 is 10.7. The van der Waals surface area contributed by atoms with E-state index < -0.39 is 0 Å². The lowest BCUT2D eigenvalue weighted by Gasteiger charge is -2.13. The van der Waals surface area contributed by atoms with Gasteiger partial charge in [-0.1, -0.05) is 13.0 Å². The summed E-state index contributed by atoms with van der Waals surface area (Å²) in [6.07, 6.45) is 2.06. The maximum absolute atomic E-state index is 12.2. The van der Waals surface area contributed by atoms with Crippen LogP contribution in [0.25, 0.3) is 0 Å². The first-order chi connectivity index (χ1) is 11.1. The van der Waals surface area contributed by atoms with Crippen LogP contribution in [0.4, 0.5) is 0 Å². The van der Waals surface area contributed by atoms with Crippen LogP contribution in [0.3, 0.4) is 0 Å². The SMILES string of the molecule is Cc1ccc(OCC(=O)NCc2ccco2)c2c1C(C)CC2=O. The van der Waals surface area contributed by atoms with E-state index in [0.717, 1.165) is 11.1 Å². The molecule has 23 heavy (non-hydrogen) atoms. The zero-order chi connectivity index (χ0) is 16.4. The minimum absolute atomic E-state index is 0.0854. The van der Waals surface area contributed by atoms with E-state index in [4.69, 9.17) is 9.15 Å². The number of Topliss-reactive ketones (excluding diaryl/α,β-unsaturated/α-hetero) is 1. The number of hydrogen-bond acceptors (Lipinski definition) is 4. The second kappa shape index (κ2) is 6.28. The van der Waals surface area contributed by atoms with E-state index in [0.29, 0.717) is 30.0 Å². The highest BCUT2D eigenvalue weighted by Gasteiger charge is 2.31. The van der Waals surface area contributed by atoms with E-state index in [9.17, 15) is 9.59 Å². The van der Waals surface area contributed by atoms with Crippen molar-refractivity contribution in [1.82, 2.24) is 5.32 Å². The molecule has 0 aliphatic heterocycles. The number of rotatable bonds is 5. The molecule has 0 radical (unpaired) electrons. The van der Waals surface area contributed by atoms with Crippen molar-refractivity contribution in [3.05, 3.63) is 53.0 Å². The third-order valence-electron chi connectivity index (χ3n) is 4.09. The fraction of sp³-hybridized carbons (Fsp3) is 0.333. The van der Waals surface area contributed by atoms with Gasteiger partial charge in [0.15, 0.2) is 12.4 Å². The number of benzene rings is 1. The van der Waals surface area contributed by atoms with E-state index in [1.54, 1.807) is 24.5 Å². The zero-order valence-electron chi connectivity index (χ0n) is 13.2. The Morgan fingerprint density at radius 1 is 1.39 bits per heavy atom. The summed E-state index contributed by atoms with van der Waals surface area (Å²) in [4.78, 5) is 24.0. The van der Waals surface area contributed by atoms with Crippen molar-refractivity contribution in [2.45, 2.75) is 32.7 Å². The Labute approximate surface area is 134 Å². The summed E-state index contributed by atoms with van der Waals surface area (Å²) >= 11 is 0. The molecule has 0 fully saturated rings. The molecule has 1 aromatic carbocycles. The fourth-order valence-corrected chi connectivity index (χ4v) is 3.02. The van der Waals surface area contributed by atoms with Crippen LogP contribution in [0.2, 0.25) is 0 Å². The predicted octanol–water partition coefficient (Wildman–Crippen LogP) is 2.97. The number of fused-ring (bicyclic) bond motifs is 1. The van der Waals surface area contributed by atoms with Crippen molar-refractivity contribution in [2.24, 2.45) is 0 Å². The lowest BCUT2D eigenvalue weighted by Crippen LogP contribution is -2.28. The zero-order valence-corrected chi connectivity index (χ0v) is 13.2. The summed E-state index contributed by atoms with van der Waals surface area (Å²) in [5, 5.41) is 2.71. The second-order valence-corrected chi connectivity index (χ2v) is 5.84. The van der Waals surface area contributed by atoms with Gasteiger partial charge in [0.1, 0.15) is 11.5 Å². The van der Waals surface area contributed by atoms with Gasteiger partial charge in [-0.2, -0.15) is 0 Å². The molecule has 0 saturated heterocycles. The molecule has 1 heterocycles. The predicted molar refractivity (Wildman–Crippen MR) is 84.6 cm³/mol. The molecular weight excluding hydrogens is 294 g/mol. The molecule has 0 saturated carbocycles. The van der Waals surface area contributed by atoms with Crippen LogP contribution in [0, 0.1) is 6.92 Å². The third-order valence-corrected chi connectivity index (χ3v) is 4.09. The standard InChI is InChI=1S/C18H19NO4/c1-11-5-6-15(18-14(20)8-12(2)17(11)18)23-10-16(21)19-9-13-4-3-7-22-13/h3-7,12H,8-10H2,1-2H3,(H,19,21). The highest BCUT2D eigenvalue weighted by Crippen LogP contribution is 2.40. The average molecular weight is 313 g/mol. The first-order valence-corrected chi connectivity index (χ1v) is 7.65. The lowest BCUT2D eigenvalue weighted by atomic mass is 9.97. The topological polar surface area (TPSA) is 68.5 Å². The molecule has 5 heteroatoms. The number of furan rings is 1.